The lowest BCUT2D eigenvalue weighted by Crippen LogP contribution is -2.35. The molecule has 0 spiro atoms. The van der Waals surface area contributed by atoms with Gasteiger partial charge in [-0.05, 0) is 78.0 Å². The molecule has 0 saturated heterocycles. The summed E-state index contributed by atoms with van der Waals surface area (Å²) < 4.78 is 40.6. The molecule has 2 N–H and O–H groups in total. The molecule has 4 aromatic rings. The van der Waals surface area contributed by atoms with Crippen molar-refractivity contribution in [1.82, 2.24) is 19.6 Å². The van der Waals surface area contributed by atoms with E-state index in [0.717, 1.165) is 35.2 Å². The van der Waals surface area contributed by atoms with E-state index < -0.39 is 10.0 Å². The monoisotopic (exact) mass is 578 g/mol. The van der Waals surface area contributed by atoms with Crippen LogP contribution in [0.25, 0.3) is 16.7 Å². The highest BCUT2D eigenvalue weighted by atomic mass is 35.5. The van der Waals surface area contributed by atoms with E-state index in [1.54, 1.807) is 36.7 Å². The van der Waals surface area contributed by atoms with Crippen molar-refractivity contribution in [3.05, 3.63) is 114 Å². The van der Waals surface area contributed by atoms with Gasteiger partial charge in [0, 0.05) is 60.5 Å². The lowest BCUT2D eigenvalue weighted by molar-refractivity contribution is 0.193. The lowest BCUT2D eigenvalue weighted by Gasteiger charge is -2.37. The van der Waals surface area contributed by atoms with Crippen molar-refractivity contribution in [3.63, 3.8) is 0 Å². The van der Waals surface area contributed by atoms with Gasteiger partial charge in [-0.1, -0.05) is 37.3 Å². The van der Waals surface area contributed by atoms with Crippen molar-refractivity contribution in [2.45, 2.75) is 36.2 Å². The fourth-order valence-electron chi connectivity index (χ4n) is 6.13. The molecule has 2 aliphatic rings. The van der Waals surface area contributed by atoms with Gasteiger partial charge >= 0.3 is 0 Å². The summed E-state index contributed by atoms with van der Waals surface area (Å²) in [5.41, 5.74) is 6.93. The molecule has 1 fully saturated rings. The molecule has 1 aliphatic carbocycles. The van der Waals surface area contributed by atoms with E-state index in [1.807, 2.05) is 42.6 Å². The van der Waals surface area contributed by atoms with Gasteiger partial charge in [-0.25, -0.2) is 17.5 Å². The maximum atomic E-state index is 13.9. The number of hydrogen-bond donors (Lipinski definition) is 2. The molecule has 9 heteroatoms. The van der Waals surface area contributed by atoms with Crippen LogP contribution in [0.2, 0.25) is 0 Å². The van der Waals surface area contributed by atoms with Crippen LogP contribution in [-0.4, -0.2) is 42.9 Å². The zero-order valence-electron chi connectivity index (χ0n) is 22.3. The number of H-pyrrole nitrogens is 1. The number of pyridine rings is 1. The quantitative estimate of drug-likeness (QED) is 0.275. The fraction of sp³-hybridized carbons (Fsp3) is 0.258. The number of benzene rings is 2. The molecule has 208 valence electrons. The first-order valence-corrected chi connectivity index (χ1v) is 14.7. The summed E-state index contributed by atoms with van der Waals surface area (Å²) in [6.07, 6.45) is 10.8. The molecule has 3 heterocycles. The van der Waals surface area contributed by atoms with Gasteiger partial charge in [0.1, 0.15) is 5.82 Å². The molecular weight excluding hydrogens is 547 g/mol. The zero-order valence-corrected chi connectivity index (χ0v) is 23.9. The number of aromatic amines is 1. The van der Waals surface area contributed by atoms with Gasteiger partial charge in [-0.2, -0.15) is 0 Å². The molecule has 6 rings (SSSR count). The van der Waals surface area contributed by atoms with Crippen LogP contribution in [0, 0.1) is 11.7 Å². The van der Waals surface area contributed by atoms with E-state index >= 15 is 0 Å². The molecule has 40 heavy (non-hydrogen) atoms. The first kappa shape index (κ1) is 28.2. The molecule has 1 saturated carbocycles. The normalized spacial score (nSPS) is 22.8. The summed E-state index contributed by atoms with van der Waals surface area (Å²) >= 11 is 0. The van der Waals surface area contributed by atoms with E-state index in [-0.39, 0.29) is 29.2 Å². The molecule has 4 atom stereocenters. The number of halogens is 2. The zero-order chi connectivity index (χ0) is 27.1. The van der Waals surface area contributed by atoms with Crippen molar-refractivity contribution >= 4 is 28.0 Å². The maximum Gasteiger partial charge on any atom is 0.240 e. The fourth-order valence-corrected chi connectivity index (χ4v) is 6.86. The van der Waals surface area contributed by atoms with Crippen LogP contribution in [0.5, 0.6) is 0 Å². The Kier molecular flexibility index (Phi) is 7.97. The second kappa shape index (κ2) is 11.3. The van der Waals surface area contributed by atoms with Crippen molar-refractivity contribution in [2.75, 3.05) is 13.6 Å². The Labute approximate surface area is 240 Å². The highest BCUT2D eigenvalue weighted by molar-refractivity contribution is 7.89. The van der Waals surface area contributed by atoms with Gasteiger partial charge in [-0.15, -0.1) is 12.4 Å². The van der Waals surface area contributed by atoms with Crippen LogP contribution in [0.1, 0.15) is 42.0 Å². The van der Waals surface area contributed by atoms with Crippen molar-refractivity contribution < 1.29 is 12.8 Å². The first-order chi connectivity index (χ1) is 18.9. The van der Waals surface area contributed by atoms with Gasteiger partial charge in [0.2, 0.25) is 10.0 Å². The summed E-state index contributed by atoms with van der Waals surface area (Å²) in [5, 5.41) is 0. The van der Waals surface area contributed by atoms with Crippen LogP contribution >= 0.6 is 12.4 Å². The largest absolute Gasteiger partial charge is 0.366 e. The molecule has 0 radical (unpaired) electrons. The van der Waals surface area contributed by atoms with Gasteiger partial charge in [0.05, 0.1) is 4.90 Å². The second-order valence-corrected chi connectivity index (χ2v) is 12.3. The second-order valence-electron chi connectivity index (χ2n) is 10.4. The summed E-state index contributed by atoms with van der Waals surface area (Å²) in [4.78, 5) is 10.2. The van der Waals surface area contributed by atoms with Gasteiger partial charge in [-0.3, -0.25) is 9.88 Å². The molecule has 2 aromatic heterocycles. The third kappa shape index (κ3) is 5.24. The van der Waals surface area contributed by atoms with E-state index in [1.165, 1.54) is 18.2 Å². The summed E-state index contributed by atoms with van der Waals surface area (Å²) in [5.74, 6) is 0.472. The van der Waals surface area contributed by atoms with Gasteiger partial charge in [0.15, 0.2) is 0 Å². The van der Waals surface area contributed by atoms with E-state index in [9.17, 15) is 12.8 Å². The van der Waals surface area contributed by atoms with Crippen molar-refractivity contribution in [1.29, 1.82) is 0 Å². The van der Waals surface area contributed by atoms with Crippen molar-refractivity contribution in [3.8, 4) is 11.1 Å². The van der Waals surface area contributed by atoms with E-state index in [2.05, 4.69) is 38.8 Å². The Bertz CT molecular complexity index is 1610. The highest BCUT2D eigenvalue weighted by Crippen LogP contribution is 2.55. The third-order valence-corrected chi connectivity index (χ3v) is 9.69. The Morgan fingerprint density at radius 3 is 2.27 bits per heavy atom. The standard InChI is InChI=1S/C31H31FN4O2S.ClH/c1-20-30(23-5-9-26(10-6-23)39(37,38)33-2)31(20)36-16-13-24(17-29(36)22-3-7-25(32)8-4-22)28-19-35-18-27(28)21-11-14-34-15-12-21;/h3-15,18-20,29-31,33,35H,16-17H2,1-2H3;1H. The molecular formula is C31H32ClFN4O2S. The first-order valence-electron chi connectivity index (χ1n) is 13.2. The minimum atomic E-state index is -3.47. The Hall–Kier alpha value is -3.30. The van der Waals surface area contributed by atoms with E-state index in [4.69, 9.17) is 0 Å². The molecule has 4 unspecified atom stereocenters. The van der Waals surface area contributed by atoms with E-state index in [0.29, 0.717) is 17.9 Å². The number of hydrogen-bond acceptors (Lipinski definition) is 4. The van der Waals surface area contributed by atoms with Crippen LogP contribution < -0.4 is 4.72 Å². The number of nitrogens with one attached hydrogen (secondary N) is 2. The minimum absolute atomic E-state index is 0. The SMILES string of the molecule is CNS(=O)(=O)c1ccc(C2C(C)C2N2CC=C(c3c[nH]cc3-c3ccncc3)CC2c2ccc(F)cc2)cc1.Cl. The van der Waals surface area contributed by atoms with Crippen LogP contribution in [-0.2, 0) is 10.0 Å². The van der Waals surface area contributed by atoms with Gasteiger partial charge < -0.3 is 4.98 Å². The maximum absolute atomic E-state index is 13.9. The lowest BCUT2D eigenvalue weighted by atomic mass is 9.88. The number of aromatic nitrogens is 2. The molecule has 1 aliphatic heterocycles. The van der Waals surface area contributed by atoms with Crippen LogP contribution in [0.15, 0.2) is 96.4 Å². The Morgan fingerprint density at radius 2 is 1.60 bits per heavy atom. The number of rotatable bonds is 7. The molecule has 2 aromatic carbocycles. The van der Waals surface area contributed by atoms with Crippen LogP contribution in [0.3, 0.4) is 0 Å². The van der Waals surface area contributed by atoms with Crippen LogP contribution in [0.4, 0.5) is 4.39 Å². The van der Waals surface area contributed by atoms with Gasteiger partial charge in [0.25, 0.3) is 0 Å². The van der Waals surface area contributed by atoms with Crippen molar-refractivity contribution in [2.24, 2.45) is 5.92 Å². The predicted octanol–water partition coefficient (Wildman–Crippen LogP) is 6.18. The average molecular weight is 579 g/mol. The predicted molar refractivity (Wildman–Crippen MR) is 158 cm³/mol. The summed E-state index contributed by atoms with van der Waals surface area (Å²) in [7, 11) is -2.05. The molecule has 0 amide bonds. The average Bonchev–Trinajstić information content (AvgIpc) is 3.38. The summed E-state index contributed by atoms with van der Waals surface area (Å²) in [6, 6.07) is 18.5. The molecule has 0 bridgehead atoms. The Balaban J connectivity index is 0.00000323. The summed E-state index contributed by atoms with van der Waals surface area (Å²) in [6.45, 7) is 3.03. The smallest absolute Gasteiger partial charge is 0.240 e. The highest BCUT2D eigenvalue weighted by Gasteiger charge is 2.53. The Morgan fingerprint density at radius 1 is 0.950 bits per heavy atom. The number of sulfonamides is 1. The number of nitrogens with zero attached hydrogens (tertiary/aromatic N) is 2. The molecule has 6 nitrogen and oxygen atoms in total. The minimum Gasteiger partial charge on any atom is -0.366 e. The topological polar surface area (TPSA) is 78.1 Å². The third-order valence-electron chi connectivity index (χ3n) is 8.26.